The second-order valence-electron chi connectivity index (χ2n) is 1.27. The van der Waals surface area contributed by atoms with Crippen LogP contribution < -0.4 is 0 Å². The van der Waals surface area contributed by atoms with Crippen molar-refractivity contribution in [3.8, 4) is 0 Å². The van der Waals surface area contributed by atoms with Gasteiger partial charge < -0.3 is 4.74 Å². The quantitative estimate of drug-likeness (QED) is 0.430. The van der Waals surface area contributed by atoms with Gasteiger partial charge in [0.2, 0.25) is 5.24 Å². The second-order valence-corrected chi connectivity index (χ2v) is 1.70. The lowest BCUT2D eigenvalue weighted by Crippen LogP contribution is -1.90. The van der Waals surface area contributed by atoms with Crippen molar-refractivity contribution in [2.75, 3.05) is 7.11 Å². The number of ether oxygens (including phenoxy) is 1. The van der Waals surface area contributed by atoms with Gasteiger partial charge in [-0.15, -0.1) is 0 Å². The predicted octanol–water partition coefficient (Wildman–Crippen LogP) is 1.30. The number of carbonyl (C=O) groups excluding carboxylic acids is 1. The van der Waals surface area contributed by atoms with Crippen LogP contribution in [0.2, 0.25) is 0 Å². The van der Waals surface area contributed by atoms with Gasteiger partial charge in [0, 0.05) is 0 Å². The molecule has 0 aliphatic rings. The summed E-state index contributed by atoms with van der Waals surface area (Å²) in [5.41, 5.74) is 0. The van der Waals surface area contributed by atoms with Crippen molar-refractivity contribution >= 4 is 16.8 Å². The third kappa shape index (κ3) is 3.68. The van der Waals surface area contributed by atoms with Gasteiger partial charge in [-0.1, -0.05) is 6.58 Å². The molecule has 0 atom stereocenters. The molecule has 46 valence electrons. The molecule has 0 bridgehead atoms. The minimum Gasteiger partial charge on any atom is -0.501 e. The molecule has 8 heavy (non-hydrogen) atoms. The van der Waals surface area contributed by atoms with Crippen LogP contribution in [0.1, 0.15) is 6.42 Å². The summed E-state index contributed by atoms with van der Waals surface area (Å²) in [4.78, 5) is 10.0. The summed E-state index contributed by atoms with van der Waals surface area (Å²) >= 11 is 4.97. The first-order valence-corrected chi connectivity index (χ1v) is 2.44. The zero-order valence-corrected chi connectivity index (χ0v) is 5.36. The number of methoxy groups -OCH3 is 1. The van der Waals surface area contributed by atoms with Crippen LogP contribution in [0.5, 0.6) is 0 Å². The van der Waals surface area contributed by atoms with Crippen molar-refractivity contribution in [1.29, 1.82) is 0 Å². The summed E-state index contributed by atoms with van der Waals surface area (Å²) in [6.45, 7) is 3.39. The molecule has 0 radical (unpaired) electrons. The van der Waals surface area contributed by atoms with E-state index < -0.39 is 5.24 Å². The van der Waals surface area contributed by atoms with Crippen molar-refractivity contribution in [3.05, 3.63) is 12.3 Å². The monoisotopic (exact) mass is 134 g/mol. The fourth-order valence-corrected chi connectivity index (χ4v) is 0.376. The molecule has 0 unspecified atom stereocenters. The maximum atomic E-state index is 10.0. The van der Waals surface area contributed by atoms with E-state index in [2.05, 4.69) is 11.3 Å². The lowest BCUT2D eigenvalue weighted by atomic mass is 10.4. The smallest absolute Gasteiger partial charge is 0.229 e. The first-order valence-electron chi connectivity index (χ1n) is 2.07. The molecule has 0 amide bonds. The van der Waals surface area contributed by atoms with Crippen LogP contribution in [-0.2, 0) is 9.53 Å². The van der Waals surface area contributed by atoms with Crippen molar-refractivity contribution < 1.29 is 9.53 Å². The first-order chi connectivity index (χ1) is 3.66. The first kappa shape index (κ1) is 7.50. The fourth-order valence-electron chi connectivity index (χ4n) is 0.227. The average molecular weight is 135 g/mol. The largest absolute Gasteiger partial charge is 0.501 e. The lowest BCUT2D eigenvalue weighted by molar-refractivity contribution is -0.111. The molecule has 0 fully saturated rings. The highest BCUT2D eigenvalue weighted by Crippen LogP contribution is 2.00. The zero-order valence-electron chi connectivity index (χ0n) is 4.61. The van der Waals surface area contributed by atoms with Gasteiger partial charge in [-0.2, -0.15) is 0 Å². The Morgan fingerprint density at radius 1 is 1.88 bits per heavy atom. The Morgan fingerprint density at radius 2 is 2.38 bits per heavy atom. The van der Waals surface area contributed by atoms with Gasteiger partial charge in [-0.05, 0) is 11.6 Å². The third-order valence-corrected chi connectivity index (χ3v) is 0.758. The van der Waals surface area contributed by atoms with Crippen LogP contribution in [0, 0.1) is 0 Å². The van der Waals surface area contributed by atoms with E-state index >= 15 is 0 Å². The Hall–Kier alpha value is -0.500. The minimum absolute atomic E-state index is 0.0953. The summed E-state index contributed by atoms with van der Waals surface area (Å²) in [5, 5.41) is -0.447. The van der Waals surface area contributed by atoms with Crippen LogP contribution in [0.4, 0.5) is 0 Å². The fraction of sp³-hybridized carbons (Fsp3) is 0.400. The molecular weight excluding hydrogens is 128 g/mol. The molecule has 0 spiro atoms. The van der Waals surface area contributed by atoms with Crippen LogP contribution in [0.3, 0.4) is 0 Å². The van der Waals surface area contributed by atoms with Crippen molar-refractivity contribution in [2.45, 2.75) is 6.42 Å². The second kappa shape index (κ2) is 3.50. The highest BCUT2D eigenvalue weighted by Gasteiger charge is 1.97. The molecule has 0 aliphatic heterocycles. The lowest BCUT2D eigenvalue weighted by Gasteiger charge is -1.96. The molecule has 0 aromatic carbocycles. The summed E-state index contributed by atoms with van der Waals surface area (Å²) in [6, 6.07) is 0. The van der Waals surface area contributed by atoms with Crippen LogP contribution in [0.15, 0.2) is 12.3 Å². The number of rotatable bonds is 3. The summed E-state index contributed by atoms with van der Waals surface area (Å²) in [6.07, 6.45) is 0.0953. The van der Waals surface area contributed by atoms with Crippen molar-refractivity contribution in [1.82, 2.24) is 0 Å². The number of carbonyl (C=O) groups is 1. The molecule has 0 N–H and O–H groups in total. The van der Waals surface area contributed by atoms with Gasteiger partial charge in [-0.3, -0.25) is 4.79 Å². The van der Waals surface area contributed by atoms with Gasteiger partial charge in [0.25, 0.3) is 0 Å². The molecule has 0 heterocycles. The highest BCUT2D eigenvalue weighted by molar-refractivity contribution is 6.63. The molecular formula is C5H7ClO2. The maximum absolute atomic E-state index is 10.0. The van der Waals surface area contributed by atoms with Gasteiger partial charge >= 0.3 is 0 Å². The van der Waals surface area contributed by atoms with Crippen LogP contribution in [0.25, 0.3) is 0 Å². The topological polar surface area (TPSA) is 26.3 Å². The van der Waals surface area contributed by atoms with E-state index in [0.717, 1.165) is 0 Å². The van der Waals surface area contributed by atoms with Crippen LogP contribution in [-0.4, -0.2) is 12.4 Å². The van der Waals surface area contributed by atoms with Crippen molar-refractivity contribution in [3.63, 3.8) is 0 Å². The Morgan fingerprint density at radius 3 is 2.50 bits per heavy atom. The summed E-state index contributed by atoms with van der Waals surface area (Å²) in [5.74, 6) is 0.394. The van der Waals surface area contributed by atoms with E-state index in [9.17, 15) is 4.79 Å². The maximum Gasteiger partial charge on any atom is 0.229 e. The average Bonchev–Trinajstić information content (AvgIpc) is 1.65. The Bertz CT molecular complexity index is 109. The van der Waals surface area contributed by atoms with Gasteiger partial charge in [0.15, 0.2) is 0 Å². The van der Waals surface area contributed by atoms with E-state index in [1.807, 2.05) is 0 Å². The standard InChI is InChI=1S/C5H7ClO2/c1-4(8-2)3-5(6)7/h1,3H2,2H3. The minimum atomic E-state index is -0.447. The number of halogens is 1. The van der Waals surface area contributed by atoms with E-state index in [4.69, 9.17) is 11.6 Å². The van der Waals surface area contributed by atoms with Crippen LogP contribution >= 0.6 is 11.6 Å². The molecule has 0 aromatic heterocycles. The highest BCUT2D eigenvalue weighted by atomic mass is 35.5. The van der Waals surface area contributed by atoms with Gasteiger partial charge in [0.1, 0.15) is 0 Å². The van der Waals surface area contributed by atoms with Gasteiger partial charge in [0.05, 0.1) is 19.3 Å². The van der Waals surface area contributed by atoms with E-state index in [0.29, 0.717) is 5.76 Å². The van der Waals surface area contributed by atoms with E-state index in [-0.39, 0.29) is 6.42 Å². The third-order valence-electron chi connectivity index (χ3n) is 0.625. The summed E-state index contributed by atoms with van der Waals surface area (Å²) < 4.78 is 4.56. The summed E-state index contributed by atoms with van der Waals surface area (Å²) in [7, 11) is 1.45. The Balaban J connectivity index is 3.40. The number of hydrogen-bond donors (Lipinski definition) is 0. The number of allylic oxidation sites excluding steroid dienone is 1. The Kier molecular flexibility index (Phi) is 3.28. The molecule has 0 saturated heterocycles. The molecule has 0 aromatic rings. The predicted molar refractivity (Wildman–Crippen MR) is 31.6 cm³/mol. The molecule has 3 heteroatoms. The van der Waals surface area contributed by atoms with Crippen molar-refractivity contribution in [2.24, 2.45) is 0 Å². The molecule has 2 nitrogen and oxygen atoms in total. The van der Waals surface area contributed by atoms with Gasteiger partial charge in [-0.25, -0.2) is 0 Å². The zero-order chi connectivity index (χ0) is 6.57. The molecule has 0 aliphatic carbocycles. The molecule has 0 saturated carbocycles. The number of hydrogen-bond acceptors (Lipinski definition) is 2. The van der Waals surface area contributed by atoms with E-state index in [1.54, 1.807) is 0 Å². The van der Waals surface area contributed by atoms with E-state index in [1.165, 1.54) is 7.11 Å². The Labute approximate surface area is 53.1 Å². The molecule has 0 rings (SSSR count). The normalized spacial score (nSPS) is 8.25. The SMILES string of the molecule is C=C(CC(=O)Cl)OC.